The number of rotatable bonds is 5. The summed E-state index contributed by atoms with van der Waals surface area (Å²) >= 11 is 13.6. The number of fused-ring (bicyclic) bond motifs is 2. The lowest BCUT2D eigenvalue weighted by molar-refractivity contribution is -0.235. The number of H-pyrrole nitrogens is 1. The molecule has 0 saturated heterocycles. The van der Waals surface area contributed by atoms with Gasteiger partial charge in [0, 0.05) is 0 Å². The van der Waals surface area contributed by atoms with Crippen molar-refractivity contribution in [1.29, 1.82) is 0 Å². The van der Waals surface area contributed by atoms with Crippen molar-refractivity contribution >= 4 is 57.1 Å². The van der Waals surface area contributed by atoms with Crippen LogP contribution in [0.2, 0.25) is 9.36 Å². The Morgan fingerprint density at radius 2 is 2.07 bits per heavy atom. The molecule has 0 radical (unpaired) electrons. The van der Waals surface area contributed by atoms with Gasteiger partial charge in [-0.1, -0.05) is 47.5 Å². The summed E-state index contributed by atoms with van der Waals surface area (Å²) < 4.78 is 1.30. The van der Waals surface area contributed by atoms with Gasteiger partial charge in [0.2, 0.25) is 6.41 Å². The first-order valence-electron chi connectivity index (χ1n) is 9.46. The van der Waals surface area contributed by atoms with Gasteiger partial charge in [0.05, 0.1) is 26.9 Å². The monoisotopic (exact) mass is 465 g/mol. The Kier molecular flexibility index (Phi) is 5.57. The van der Waals surface area contributed by atoms with Crippen molar-refractivity contribution in [3.8, 4) is 0 Å². The van der Waals surface area contributed by atoms with Crippen molar-refractivity contribution in [3.05, 3.63) is 56.5 Å². The molecule has 0 unspecified atom stereocenters. The molecule has 2 atom stereocenters. The highest BCUT2D eigenvalue weighted by Crippen LogP contribution is 2.39. The van der Waals surface area contributed by atoms with E-state index in [1.807, 2.05) is 45.0 Å². The average molecular weight is 466 g/mol. The van der Waals surface area contributed by atoms with Crippen molar-refractivity contribution < 1.29 is 14.4 Å². The van der Waals surface area contributed by atoms with Crippen molar-refractivity contribution in [2.75, 3.05) is 0 Å². The number of nitrogens with one attached hydrogen (secondary N) is 2. The molecule has 0 spiro atoms. The normalized spacial score (nSPS) is 18.4. The number of carbonyl (C=O) groups is 2. The average Bonchev–Trinajstić information content (AvgIpc) is 3.32. The van der Waals surface area contributed by atoms with Crippen LogP contribution in [0.25, 0.3) is 10.2 Å². The second kappa shape index (κ2) is 7.89. The minimum absolute atomic E-state index is 0.282. The molecule has 30 heavy (non-hydrogen) atoms. The molecule has 0 fully saturated rings. The summed E-state index contributed by atoms with van der Waals surface area (Å²) in [5.74, 6) is -0.282. The number of hydroxylamine groups is 2. The Morgan fingerprint density at radius 3 is 2.73 bits per heavy atom. The van der Waals surface area contributed by atoms with Gasteiger partial charge in [-0.05, 0) is 44.4 Å². The van der Waals surface area contributed by atoms with Crippen LogP contribution in [0.15, 0.2) is 30.3 Å². The van der Waals surface area contributed by atoms with Crippen molar-refractivity contribution in [2.45, 2.75) is 44.9 Å². The van der Waals surface area contributed by atoms with E-state index in [9.17, 15) is 9.59 Å². The summed E-state index contributed by atoms with van der Waals surface area (Å²) in [5, 5.41) is 4.77. The van der Waals surface area contributed by atoms with E-state index in [-0.39, 0.29) is 11.9 Å². The quantitative estimate of drug-likeness (QED) is 0.405. The molecule has 3 aromatic rings. The topological polar surface area (TPSA) is 74.4 Å². The summed E-state index contributed by atoms with van der Waals surface area (Å²) in [7, 11) is 0. The zero-order chi connectivity index (χ0) is 21.6. The molecule has 4 rings (SSSR count). The van der Waals surface area contributed by atoms with E-state index >= 15 is 0 Å². The number of aromatic nitrogens is 1. The number of hydrogen-bond donors (Lipinski definition) is 2. The molecule has 1 aromatic carbocycles. The van der Waals surface area contributed by atoms with Crippen molar-refractivity contribution in [2.24, 2.45) is 0 Å². The van der Waals surface area contributed by atoms with E-state index in [0.717, 1.165) is 15.8 Å². The number of amides is 2. The fourth-order valence-corrected chi connectivity index (χ4v) is 5.25. The van der Waals surface area contributed by atoms with E-state index < -0.39 is 11.6 Å². The molecule has 9 heteroatoms. The van der Waals surface area contributed by atoms with Crippen LogP contribution in [0.4, 0.5) is 0 Å². The standard InChI is InChI=1S/C21H21Cl2N3O3S/c1-21(2,3)29-26(10-27)18-12-7-5-4-6-11(12)8-13(18)25-20(28)14-9-15-17(24-14)16(22)19(23)30-15/h4-7,9-10,13,18,24H,8H2,1-3H3,(H,25,28)/t13-,18+/m1/s1. The molecule has 0 aliphatic heterocycles. The highest BCUT2D eigenvalue weighted by Gasteiger charge is 2.39. The minimum Gasteiger partial charge on any atom is -0.349 e. The summed E-state index contributed by atoms with van der Waals surface area (Å²) in [6.07, 6.45) is 1.26. The lowest BCUT2D eigenvalue weighted by Gasteiger charge is -2.34. The Balaban J connectivity index is 1.62. The van der Waals surface area contributed by atoms with E-state index in [0.29, 0.717) is 33.4 Å². The van der Waals surface area contributed by atoms with E-state index in [1.165, 1.54) is 16.4 Å². The lowest BCUT2D eigenvalue weighted by atomic mass is 10.1. The number of carbonyl (C=O) groups excluding carboxylic acids is 2. The number of nitrogens with zero attached hydrogens (tertiary/aromatic N) is 1. The third kappa shape index (κ3) is 3.95. The Bertz CT molecular complexity index is 1120. The van der Waals surface area contributed by atoms with Crippen molar-refractivity contribution in [1.82, 2.24) is 15.4 Å². The highest BCUT2D eigenvalue weighted by atomic mass is 35.5. The fourth-order valence-electron chi connectivity index (χ4n) is 3.77. The van der Waals surface area contributed by atoms with Gasteiger partial charge in [0.1, 0.15) is 16.1 Å². The second-order valence-electron chi connectivity index (χ2n) is 8.21. The Morgan fingerprint density at radius 1 is 1.33 bits per heavy atom. The van der Waals surface area contributed by atoms with Crippen LogP contribution in [0.1, 0.15) is 48.4 Å². The molecule has 1 aliphatic rings. The molecular weight excluding hydrogens is 445 g/mol. The second-order valence-corrected chi connectivity index (χ2v) is 10.2. The van der Waals surface area contributed by atoms with Gasteiger partial charge in [-0.3, -0.25) is 14.4 Å². The third-order valence-corrected chi connectivity index (χ3v) is 6.82. The first-order valence-corrected chi connectivity index (χ1v) is 11.0. The van der Waals surface area contributed by atoms with Gasteiger partial charge >= 0.3 is 0 Å². The molecular formula is C21H21Cl2N3O3S. The fraction of sp³-hybridized carbons (Fsp3) is 0.333. The lowest BCUT2D eigenvalue weighted by Crippen LogP contribution is -2.46. The van der Waals surface area contributed by atoms with Crippen LogP contribution < -0.4 is 5.32 Å². The molecule has 2 N–H and O–H groups in total. The summed E-state index contributed by atoms with van der Waals surface area (Å²) in [5.41, 5.74) is 2.50. The largest absolute Gasteiger partial charge is 0.349 e. The molecule has 6 nitrogen and oxygen atoms in total. The predicted octanol–water partition coefficient (Wildman–Crippen LogP) is 5.12. The number of hydrogen-bond acceptors (Lipinski definition) is 4. The van der Waals surface area contributed by atoms with E-state index in [4.69, 9.17) is 28.0 Å². The van der Waals surface area contributed by atoms with Crippen LogP contribution in [-0.2, 0) is 16.1 Å². The van der Waals surface area contributed by atoms with Crippen LogP contribution in [0, 0.1) is 0 Å². The molecule has 2 aromatic heterocycles. The SMILES string of the molecule is CC(C)(C)ON(C=O)[C@H]1c2ccccc2C[C@H]1NC(=O)c1cc2sc(Cl)c(Cl)c2[nH]1. The summed E-state index contributed by atoms with van der Waals surface area (Å²) in [4.78, 5) is 33.8. The van der Waals surface area contributed by atoms with Gasteiger partial charge in [-0.25, -0.2) is 5.06 Å². The number of aromatic amines is 1. The molecule has 2 amide bonds. The summed E-state index contributed by atoms with van der Waals surface area (Å²) in [6.45, 7) is 5.62. The Hall–Kier alpha value is -2.06. The molecule has 2 heterocycles. The highest BCUT2D eigenvalue weighted by molar-refractivity contribution is 7.23. The molecule has 158 valence electrons. The van der Waals surface area contributed by atoms with Crippen LogP contribution >= 0.6 is 34.5 Å². The maximum Gasteiger partial charge on any atom is 0.268 e. The number of thiophene rings is 1. The minimum atomic E-state index is -0.563. The molecule has 0 bridgehead atoms. The zero-order valence-electron chi connectivity index (χ0n) is 16.7. The van der Waals surface area contributed by atoms with Gasteiger partial charge in [-0.15, -0.1) is 11.3 Å². The van der Waals surface area contributed by atoms with Crippen LogP contribution in [0.5, 0.6) is 0 Å². The zero-order valence-corrected chi connectivity index (χ0v) is 19.0. The van der Waals surface area contributed by atoms with Crippen LogP contribution in [-0.4, -0.2) is 34.0 Å². The number of halogens is 2. The molecule has 1 aliphatic carbocycles. The van der Waals surface area contributed by atoms with Gasteiger partial charge in [-0.2, -0.15) is 0 Å². The maximum atomic E-state index is 13.0. The van der Waals surface area contributed by atoms with Gasteiger partial charge in [0.25, 0.3) is 5.91 Å². The first kappa shape index (κ1) is 21.2. The van der Waals surface area contributed by atoms with Crippen LogP contribution in [0.3, 0.4) is 0 Å². The third-order valence-electron chi connectivity index (χ3n) is 4.89. The van der Waals surface area contributed by atoms with Gasteiger partial charge < -0.3 is 10.3 Å². The first-order chi connectivity index (χ1) is 14.2. The van der Waals surface area contributed by atoms with E-state index in [2.05, 4.69) is 10.3 Å². The molecule has 0 saturated carbocycles. The van der Waals surface area contributed by atoms with Gasteiger partial charge in [0.15, 0.2) is 0 Å². The number of benzene rings is 1. The Labute approximate surface area is 188 Å². The summed E-state index contributed by atoms with van der Waals surface area (Å²) in [6, 6.07) is 8.77. The predicted molar refractivity (Wildman–Crippen MR) is 119 cm³/mol. The smallest absolute Gasteiger partial charge is 0.268 e. The van der Waals surface area contributed by atoms with E-state index in [1.54, 1.807) is 6.07 Å². The van der Waals surface area contributed by atoms with Crippen molar-refractivity contribution in [3.63, 3.8) is 0 Å². The maximum absolute atomic E-state index is 13.0.